The van der Waals surface area contributed by atoms with Gasteiger partial charge >= 0.3 is 0 Å². The summed E-state index contributed by atoms with van der Waals surface area (Å²) in [5.74, 6) is -1.54. The van der Waals surface area contributed by atoms with Gasteiger partial charge in [-0.15, -0.1) is 0 Å². The SMILES string of the molecule is O=C(C[N+](=O)[O-])c1ccccc1F. The number of hydrogen-bond donors (Lipinski definition) is 0. The van der Waals surface area contributed by atoms with Crippen molar-refractivity contribution in [3.05, 3.63) is 45.8 Å². The highest BCUT2D eigenvalue weighted by molar-refractivity contribution is 5.97. The molecule has 5 heteroatoms. The van der Waals surface area contributed by atoms with E-state index in [2.05, 4.69) is 0 Å². The molecule has 0 aliphatic rings. The number of Topliss-reactive ketones (excluding diaryl/α,β-unsaturated/α-hetero) is 1. The minimum absolute atomic E-state index is 0.237. The summed E-state index contributed by atoms with van der Waals surface area (Å²) in [6.07, 6.45) is 0. The fourth-order valence-corrected chi connectivity index (χ4v) is 0.890. The number of halogens is 1. The average Bonchev–Trinajstić information content (AvgIpc) is 2.03. The Bertz CT molecular complexity index is 351. The molecule has 0 spiro atoms. The van der Waals surface area contributed by atoms with Crippen molar-refractivity contribution in [2.75, 3.05) is 6.54 Å². The molecular weight excluding hydrogens is 177 g/mol. The van der Waals surface area contributed by atoms with Crippen LogP contribution in [0.1, 0.15) is 10.4 Å². The van der Waals surface area contributed by atoms with Gasteiger partial charge in [0, 0.05) is 4.92 Å². The van der Waals surface area contributed by atoms with E-state index in [4.69, 9.17) is 0 Å². The molecule has 0 fully saturated rings. The first kappa shape index (κ1) is 9.31. The third kappa shape index (κ3) is 2.33. The second-order valence-electron chi connectivity index (χ2n) is 2.39. The van der Waals surface area contributed by atoms with Crippen LogP contribution >= 0.6 is 0 Å². The molecule has 4 nitrogen and oxygen atoms in total. The zero-order valence-corrected chi connectivity index (χ0v) is 6.57. The van der Waals surface area contributed by atoms with E-state index in [0.29, 0.717) is 0 Å². The molecule has 1 aromatic carbocycles. The Kier molecular flexibility index (Phi) is 2.69. The van der Waals surface area contributed by atoms with Crippen molar-refractivity contribution in [1.82, 2.24) is 0 Å². The number of benzene rings is 1. The molecule has 0 saturated carbocycles. The number of nitrogens with zero attached hydrogens (tertiary/aromatic N) is 1. The van der Waals surface area contributed by atoms with Gasteiger partial charge in [0.15, 0.2) is 0 Å². The summed E-state index contributed by atoms with van der Waals surface area (Å²) in [7, 11) is 0. The summed E-state index contributed by atoms with van der Waals surface area (Å²) < 4.78 is 12.8. The van der Waals surface area contributed by atoms with Crippen LogP contribution in [0.3, 0.4) is 0 Å². The summed E-state index contributed by atoms with van der Waals surface area (Å²) in [6.45, 7) is -0.874. The maximum Gasteiger partial charge on any atom is 0.265 e. The molecule has 0 amide bonds. The van der Waals surface area contributed by atoms with E-state index in [0.717, 1.165) is 6.07 Å². The highest BCUT2D eigenvalue weighted by Gasteiger charge is 2.15. The third-order valence-electron chi connectivity index (χ3n) is 1.45. The Balaban J connectivity index is 2.89. The van der Waals surface area contributed by atoms with E-state index >= 15 is 0 Å². The highest BCUT2D eigenvalue weighted by Crippen LogP contribution is 2.06. The van der Waals surface area contributed by atoms with E-state index in [-0.39, 0.29) is 5.56 Å². The number of hydrogen-bond acceptors (Lipinski definition) is 3. The van der Waals surface area contributed by atoms with Crippen molar-refractivity contribution in [3.8, 4) is 0 Å². The first-order valence-corrected chi connectivity index (χ1v) is 3.51. The van der Waals surface area contributed by atoms with Gasteiger partial charge in [-0.25, -0.2) is 4.39 Å². The van der Waals surface area contributed by atoms with Gasteiger partial charge in [0.2, 0.25) is 5.78 Å². The molecule has 1 rings (SSSR count). The van der Waals surface area contributed by atoms with E-state index in [1.807, 2.05) is 0 Å². The molecular formula is C8H6FNO3. The molecule has 0 aliphatic carbocycles. The first-order chi connectivity index (χ1) is 6.11. The Morgan fingerprint density at radius 1 is 1.46 bits per heavy atom. The molecule has 0 saturated heterocycles. The maximum absolute atomic E-state index is 12.8. The van der Waals surface area contributed by atoms with E-state index in [1.54, 1.807) is 0 Å². The Morgan fingerprint density at radius 3 is 2.62 bits per heavy atom. The van der Waals surface area contributed by atoms with Crippen molar-refractivity contribution in [2.45, 2.75) is 0 Å². The van der Waals surface area contributed by atoms with Crippen molar-refractivity contribution < 1.29 is 14.1 Å². The third-order valence-corrected chi connectivity index (χ3v) is 1.45. The number of carbonyl (C=O) groups is 1. The molecule has 0 N–H and O–H groups in total. The van der Waals surface area contributed by atoms with Crippen molar-refractivity contribution in [3.63, 3.8) is 0 Å². The molecule has 0 aliphatic heterocycles. The topological polar surface area (TPSA) is 60.2 Å². The predicted molar refractivity (Wildman–Crippen MR) is 42.6 cm³/mol. The molecule has 68 valence electrons. The lowest BCUT2D eigenvalue weighted by Gasteiger charge is -1.96. The normalized spacial score (nSPS) is 9.62. The Labute approximate surface area is 73.1 Å². The summed E-state index contributed by atoms with van der Waals surface area (Å²) >= 11 is 0. The van der Waals surface area contributed by atoms with Gasteiger partial charge in [-0.3, -0.25) is 14.9 Å². The van der Waals surface area contributed by atoms with Gasteiger partial charge in [0.05, 0.1) is 5.56 Å². The zero-order chi connectivity index (χ0) is 9.84. The summed E-state index contributed by atoms with van der Waals surface area (Å²) in [5.41, 5.74) is -0.237. The molecule has 13 heavy (non-hydrogen) atoms. The Morgan fingerprint density at radius 2 is 2.08 bits per heavy atom. The van der Waals surface area contributed by atoms with E-state index < -0.39 is 23.1 Å². The summed E-state index contributed by atoms with van der Waals surface area (Å²) in [6, 6.07) is 5.18. The van der Waals surface area contributed by atoms with Crippen LogP contribution in [0.25, 0.3) is 0 Å². The largest absolute Gasteiger partial charge is 0.287 e. The molecule has 0 aromatic heterocycles. The monoisotopic (exact) mass is 183 g/mol. The van der Waals surface area contributed by atoms with Crippen LogP contribution in [0, 0.1) is 15.9 Å². The lowest BCUT2D eigenvalue weighted by atomic mass is 10.1. The quantitative estimate of drug-likeness (QED) is 0.403. The van der Waals surface area contributed by atoms with Crippen LogP contribution in [0.15, 0.2) is 24.3 Å². The Hall–Kier alpha value is -1.78. The van der Waals surface area contributed by atoms with E-state index in [9.17, 15) is 19.3 Å². The van der Waals surface area contributed by atoms with Crippen LogP contribution in [0.2, 0.25) is 0 Å². The second kappa shape index (κ2) is 3.75. The van der Waals surface area contributed by atoms with Crippen molar-refractivity contribution >= 4 is 5.78 Å². The predicted octanol–water partition coefficient (Wildman–Crippen LogP) is 1.29. The van der Waals surface area contributed by atoms with Gasteiger partial charge < -0.3 is 0 Å². The fourth-order valence-electron chi connectivity index (χ4n) is 0.890. The highest BCUT2D eigenvalue weighted by atomic mass is 19.1. The van der Waals surface area contributed by atoms with Gasteiger partial charge in [-0.2, -0.15) is 0 Å². The van der Waals surface area contributed by atoms with Gasteiger partial charge in [0.1, 0.15) is 5.82 Å². The van der Waals surface area contributed by atoms with E-state index in [1.165, 1.54) is 18.2 Å². The second-order valence-corrected chi connectivity index (χ2v) is 2.39. The van der Waals surface area contributed by atoms with Crippen LogP contribution < -0.4 is 0 Å². The molecule has 0 radical (unpaired) electrons. The summed E-state index contributed by atoms with van der Waals surface area (Å²) in [4.78, 5) is 20.2. The molecule has 0 bridgehead atoms. The van der Waals surface area contributed by atoms with Crippen molar-refractivity contribution in [1.29, 1.82) is 0 Å². The number of nitro groups is 1. The zero-order valence-electron chi connectivity index (χ0n) is 6.57. The number of carbonyl (C=O) groups excluding carboxylic acids is 1. The lowest BCUT2D eigenvalue weighted by molar-refractivity contribution is -0.465. The smallest absolute Gasteiger partial charge is 0.265 e. The molecule has 1 aromatic rings. The van der Waals surface area contributed by atoms with Crippen LogP contribution in [0.5, 0.6) is 0 Å². The van der Waals surface area contributed by atoms with Gasteiger partial charge in [-0.05, 0) is 12.1 Å². The molecule has 0 atom stereocenters. The fraction of sp³-hybridized carbons (Fsp3) is 0.125. The molecule has 0 heterocycles. The summed E-state index contributed by atoms with van der Waals surface area (Å²) in [5, 5.41) is 9.96. The number of rotatable bonds is 3. The average molecular weight is 183 g/mol. The van der Waals surface area contributed by atoms with Crippen molar-refractivity contribution in [2.24, 2.45) is 0 Å². The number of ketones is 1. The standard InChI is InChI=1S/C8H6FNO3/c9-7-4-2-1-3-6(7)8(11)5-10(12)13/h1-4H,5H2. The minimum Gasteiger partial charge on any atom is -0.287 e. The lowest BCUT2D eigenvalue weighted by Crippen LogP contribution is -2.14. The van der Waals surface area contributed by atoms with Gasteiger partial charge in [-0.1, -0.05) is 12.1 Å². The minimum atomic E-state index is -0.874. The van der Waals surface area contributed by atoms with Crippen LogP contribution in [0.4, 0.5) is 4.39 Å². The van der Waals surface area contributed by atoms with Crippen LogP contribution in [-0.2, 0) is 0 Å². The first-order valence-electron chi connectivity index (χ1n) is 3.51. The maximum atomic E-state index is 12.8. The molecule has 0 unspecified atom stereocenters. The van der Waals surface area contributed by atoms with Gasteiger partial charge in [0.25, 0.3) is 6.54 Å². The van der Waals surface area contributed by atoms with Crippen LogP contribution in [-0.4, -0.2) is 17.3 Å².